The van der Waals surface area contributed by atoms with Gasteiger partial charge in [-0.2, -0.15) is 0 Å². The van der Waals surface area contributed by atoms with Gasteiger partial charge in [-0.3, -0.25) is 9.20 Å². The van der Waals surface area contributed by atoms with E-state index in [1.807, 2.05) is 56.3 Å². The molecule has 22 heavy (non-hydrogen) atoms. The summed E-state index contributed by atoms with van der Waals surface area (Å²) in [5, 5.41) is 10.6. The molecule has 6 heteroatoms. The van der Waals surface area contributed by atoms with Gasteiger partial charge in [0, 0.05) is 31.5 Å². The lowest BCUT2D eigenvalue weighted by Gasteiger charge is -2.16. The lowest BCUT2D eigenvalue weighted by molar-refractivity contribution is 0.102. The number of fused-ring (bicyclic) bond motifs is 1. The quantitative estimate of drug-likeness (QED) is 0.805. The van der Waals surface area contributed by atoms with Crippen LogP contribution in [0.1, 0.15) is 15.9 Å². The van der Waals surface area contributed by atoms with Gasteiger partial charge in [-0.25, -0.2) is 0 Å². The fourth-order valence-electron chi connectivity index (χ4n) is 2.40. The molecule has 0 saturated carbocycles. The molecule has 0 unspecified atom stereocenters. The molecule has 1 N–H and O–H groups in total. The van der Waals surface area contributed by atoms with Gasteiger partial charge in [0.15, 0.2) is 5.65 Å². The number of anilines is 2. The van der Waals surface area contributed by atoms with Gasteiger partial charge in [-0.1, -0.05) is 0 Å². The number of amides is 1. The van der Waals surface area contributed by atoms with Gasteiger partial charge in [0.05, 0.1) is 5.69 Å². The Kier molecular flexibility index (Phi) is 3.50. The molecule has 0 aliphatic carbocycles. The molecular formula is C16H17N5O. The van der Waals surface area contributed by atoms with Gasteiger partial charge >= 0.3 is 0 Å². The van der Waals surface area contributed by atoms with E-state index in [9.17, 15) is 4.79 Å². The average molecular weight is 295 g/mol. The Balaban J connectivity index is 1.83. The zero-order chi connectivity index (χ0) is 15.7. The van der Waals surface area contributed by atoms with Gasteiger partial charge in [-0.15, -0.1) is 10.2 Å². The molecule has 1 aromatic carbocycles. The minimum absolute atomic E-state index is 0.138. The zero-order valence-corrected chi connectivity index (χ0v) is 12.7. The number of aromatic nitrogens is 3. The van der Waals surface area contributed by atoms with E-state index in [-0.39, 0.29) is 5.91 Å². The van der Waals surface area contributed by atoms with Crippen LogP contribution in [0.5, 0.6) is 0 Å². The molecule has 112 valence electrons. The second kappa shape index (κ2) is 5.48. The predicted octanol–water partition coefficient (Wildman–Crippen LogP) is 2.36. The van der Waals surface area contributed by atoms with E-state index in [4.69, 9.17) is 0 Å². The van der Waals surface area contributed by atoms with Gasteiger partial charge in [0.25, 0.3) is 5.91 Å². The van der Waals surface area contributed by atoms with Crippen molar-refractivity contribution in [3.05, 3.63) is 54.0 Å². The van der Waals surface area contributed by atoms with Gasteiger partial charge in [-0.05, 0) is 42.8 Å². The van der Waals surface area contributed by atoms with Crippen LogP contribution in [0, 0.1) is 6.92 Å². The summed E-state index contributed by atoms with van der Waals surface area (Å²) in [6.45, 7) is 2.00. The number of pyridine rings is 1. The topological polar surface area (TPSA) is 62.5 Å². The van der Waals surface area contributed by atoms with Crippen LogP contribution in [0.4, 0.5) is 11.4 Å². The molecule has 2 heterocycles. The Morgan fingerprint density at radius 1 is 1.23 bits per heavy atom. The van der Waals surface area contributed by atoms with Crippen molar-refractivity contribution in [1.82, 2.24) is 14.6 Å². The largest absolute Gasteiger partial charge is 0.377 e. The molecule has 1 amide bonds. The van der Waals surface area contributed by atoms with E-state index in [0.29, 0.717) is 11.3 Å². The van der Waals surface area contributed by atoms with Crippen LogP contribution in [0.15, 0.2) is 42.9 Å². The minimum atomic E-state index is -0.138. The van der Waals surface area contributed by atoms with Gasteiger partial charge in [0.2, 0.25) is 0 Å². The average Bonchev–Trinajstić information content (AvgIpc) is 2.94. The summed E-state index contributed by atoms with van der Waals surface area (Å²) < 4.78 is 1.76. The van der Waals surface area contributed by atoms with Crippen molar-refractivity contribution in [3.63, 3.8) is 0 Å². The van der Waals surface area contributed by atoms with Crippen LogP contribution in [-0.4, -0.2) is 34.6 Å². The number of carbonyl (C=O) groups is 1. The molecule has 2 aromatic heterocycles. The highest BCUT2D eigenvalue weighted by Crippen LogP contribution is 2.20. The van der Waals surface area contributed by atoms with Crippen LogP contribution in [0.25, 0.3) is 5.65 Å². The van der Waals surface area contributed by atoms with E-state index in [1.54, 1.807) is 16.9 Å². The molecule has 0 fully saturated rings. The first-order chi connectivity index (χ1) is 10.5. The van der Waals surface area contributed by atoms with Crippen molar-refractivity contribution >= 4 is 22.9 Å². The Hall–Kier alpha value is -2.89. The summed E-state index contributed by atoms with van der Waals surface area (Å²) in [7, 11) is 3.97. The van der Waals surface area contributed by atoms with Crippen molar-refractivity contribution in [2.24, 2.45) is 0 Å². The summed E-state index contributed by atoms with van der Waals surface area (Å²) in [6.07, 6.45) is 3.38. The standard InChI is InChI=1S/C16H17N5O/c1-11-8-12(4-6-14(11)20(2)3)16(22)18-13-5-7-15-19-17-10-21(15)9-13/h4-10H,1-3H3,(H,18,22). The van der Waals surface area contributed by atoms with Crippen LogP contribution in [-0.2, 0) is 0 Å². The maximum atomic E-state index is 12.4. The molecule has 0 bridgehead atoms. The second-order valence-corrected chi connectivity index (χ2v) is 5.36. The summed E-state index contributed by atoms with van der Waals surface area (Å²) >= 11 is 0. The van der Waals surface area contributed by atoms with E-state index in [1.165, 1.54) is 0 Å². The third kappa shape index (κ3) is 2.63. The highest BCUT2D eigenvalue weighted by Gasteiger charge is 2.09. The van der Waals surface area contributed by atoms with Crippen molar-refractivity contribution in [2.75, 3.05) is 24.3 Å². The number of benzene rings is 1. The molecule has 3 aromatic rings. The van der Waals surface area contributed by atoms with E-state index in [0.717, 1.165) is 16.9 Å². The fraction of sp³-hybridized carbons (Fsp3) is 0.188. The molecule has 0 aliphatic rings. The predicted molar refractivity (Wildman–Crippen MR) is 86.4 cm³/mol. The van der Waals surface area contributed by atoms with Crippen molar-refractivity contribution < 1.29 is 4.79 Å². The number of carbonyl (C=O) groups excluding carboxylic acids is 1. The fourth-order valence-corrected chi connectivity index (χ4v) is 2.40. The first-order valence-electron chi connectivity index (χ1n) is 6.93. The van der Waals surface area contributed by atoms with Crippen LogP contribution >= 0.6 is 0 Å². The maximum absolute atomic E-state index is 12.4. The Labute approximate surface area is 128 Å². The van der Waals surface area contributed by atoms with E-state index >= 15 is 0 Å². The maximum Gasteiger partial charge on any atom is 0.255 e. The molecule has 6 nitrogen and oxygen atoms in total. The molecule has 0 spiro atoms. The van der Waals surface area contributed by atoms with Crippen LogP contribution in [0.3, 0.4) is 0 Å². The number of hydrogen-bond donors (Lipinski definition) is 1. The SMILES string of the molecule is Cc1cc(C(=O)Nc2ccc3nncn3c2)ccc1N(C)C. The van der Waals surface area contributed by atoms with Gasteiger partial charge < -0.3 is 10.2 Å². The van der Waals surface area contributed by atoms with Crippen molar-refractivity contribution in [3.8, 4) is 0 Å². The summed E-state index contributed by atoms with van der Waals surface area (Å²) in [6, 6.07) is 9.29. The lowest BCUT2D eigenvalue weighted by Crippen LogP contribution is -2.14. The molecule has 0 saturated heterocycles. The molecular weight excluding hydrogens is 278 g/mol. The molecule has 0 aliphatic heterocycles. The highest BCUT2D eigenvalue weighted by atomic mass is 16.1. The summed E-state index contributed by atoms with van der Waals surface area (Å²) in [5.41, 5.74) is 4.23. The lowest BCUT2D eigenvalue weighted by atomic mass is 10.1. The number of hydrogen-bond acceptors (Lipinski definition) is 4. The Bertz CT molecular complexity index is 837. The number of aryl methyl sites for hydroxylation is 1. The van der Waals surface area contributed by atoms with Crippen LogP contribution < -0.4 is 10.2 Å². The minimum Gasteiger partial charge on any atom is -0.377 e. The molecule has 0 radical (unpaired) electrons. The van der Waals surface area contributed by atoms with Gasteiger partial charge in [0.1, 0.15) is 6.33 Å². The van der Waals surface area contributed by atoms with Crippen molar-refractivity contribution in [1.29, 1.82) is 0 Å². The molecule has 3 rings (SSSR count). The van der Waals surface area contributed by atoms with E-state index in [2.05, 4.69) is 15.5 Å². The van der Waals surface area contributed by atoms with E-state index < -0.39 is 0 Å². The smallest absolute Gasteiger partial charge is 0.255 e. The first-order valence-corrected chi connectivity index (χ1v) is 6.93. The Morgan fingerprint density at radius 2 is 2.05 bits per heavy atom. The van der Waals surface area contributed by atoms with Crippen molar-refractivity contribution in [2.45, 2.75) is 6.92 Å². The third-order valence-electron chi connectivity index (χ3n) is 3.49. The summed E-state index contributed by atoms with van der Waals surface area (Å²) in [4.78, 5) is 14.4. The number of nitrogens with zero attached hydrogens (tertiary/aromatic N) is 4. The summed E-state index contributed by atoms with van der Waals surface area (Å²) in [5.74, 6) is -0.138. The normalized spacial score (nSPS) is 10.7. The first kappa shape index (κ1) is 14.1. The number of nitrogens with one attached hydrogen (secondary N) is 1. The monoisotopic (exact) mass is 295 g/mol. The Morgan fingerprint density at radius 3 is 2.77 bits per heavy atom. The third-order valence-corrected chi connectivity index (χ3v) is 3.49. The molecule has 0 atom stereocenters. The highest BCUT2D eigenvalue weighted by molar-refractivity contribution is 6.04. The zero-order valence-electron chi connectivity index (χ0n) is 12.7. The second-order valence-electron chi connectivity index (χ2n) is 5.36. The van der Waals surface area contributed by atoms with Crippen LogP contribution in [0.2, 0.25) is 0 Å². The number of rotatable bonds is 3.